The zero-order valence-electron chi connectivity index (χ0n) is 6.44. The highest BCUT2D eigenvalue weighted by Crippen LogP contribution is 2.30. The Morgan fingerprint density at radius 3 is 2.85 bits per heavy atom. The molecule has 0 amide bonds. The maximum absolute atomic E-state index is 9.52. The molecule has 0 aliphatic carbocycles. The van der Waals surface area contributed by atoms with E-state index in [-0.39, 0.29) is 5.75 Å². The van der Waals surface area contributed by atoms with Crippen LogP contribution in [0.15, 0.2) is 23.6 Å². The second-order valence-electron chi connectivity index (χ2n) is 2.45. The standard InChI is InChI=1S/C8H5ClN2OS/c9-5-1-2-6(8(12)3-5)7-4-13-11-10-7/h1-4,12H. The molecule has 0 radical (unpaired) electrons. The molecule has 66 valence electrons. The number of benzene rings is 1. The summed E-state index contributed by atoms with van der Waals surface area (Å²) in [4.78, 5) is 0. The SMILES string of the molecule is Oc1cc(Cl)ccc1-c1csnn1. The van der Waals surface area contributed by atoms with Gasteiger partial charge in [-0.15, -0.1) is 5.10 Å². The van der Waals surface area contributed by atoms with Crippen LogP contribution in [0.25, 0.3) is 11.3 Å². The summed E-state index contributed by atoms with van der Waals surface area (Å²) in [6.45, 7) is 0. The van der Waals surface area contributed by atoms with Gasteiger partial charge in [0.2, 0.25) is 0 Å². The Bertz CT molecular complexity index is 416. The summed E-state index contributed by atoms with van der Waals surface area (Å²) in [5.74, 6) is 0.125. The molecule has 0 saturated carbocycles. The topological polar surface area (TPSA) is 46.0 Å². The molecule has 0 saturated heterocycles. The van der Waals surface area contributed by atoms with E-state index < -0.39 is 0 Å². The van der Waals surface area contributed by atoms with Crippen LogP contribution in [0.2, 0.25) is 5.02 Å². The molecule has 1 heterocycles. The van der Waals surface area contributed by atoms with Gasteiger partial charge in [-0.25, -0.2) is 0 Å². The van der Waals surface area contributed by atoms with Gasteiger partial charge in [-0.1, -0.05) is 16.1 Å². The predicted octanol–water partition coefficient (Wildman–Crippen LogP) is 2.56. The van der Waals surface area contributed by atoms with Crippen molar-refractivity contribution in [2.45, 2.75) is 0 Å². The molecule has 1 N–H and O–H groups in total. The van der Waals surface area contributed by atoms with Gasteiger partial charge in [0.25, 0.3) is 0 Å². The van der Waals surface area contributed by atoms with Crippen LogP contribution in [0.3, 0.4) is 0 Å². The van der Waals surface area contributed by atoms with Crippen LogP contribution in [-0.4, -0.2) is 14.7 Å². The van der Waals surface area contributed by atoms with Gasteiger partial charge in [-0.3, -0.25) is 0 Å². The Balaban J connectivity index is 2.53. The summed E-state index contributed by atoms with van der Waals surface area (Å²) < 4.78 is 3.71. The van der Waals surface area contributed by atoms with E-state index >= 15 is 0 Å². The molecule has 3 nitrogen and oxygen atoms in total. The number of hydrogen-bond acceptors (Lipinski definition) is 4. The lowest BCUT2D eigenvalue weighted by Gasteiger charge is -1.99. The lowest BCUT2D eigenvalue weighted by molar-refractivity contribution is 0.477. The number of phenolic OH excluding ortho intramolecular Hbond substituents is 1. The van der Waals surface area contributed by atoms with Crippen LogP contribution in [0, 0.1) is 0 Å². The predicted molar refractivity (Wildman–Crippen MR) is 52.0 cm³/mol. The molecule has 0 aliphatic rings. The van der Waals surface area contributed by atoms with E-state index in [0.29, 0.717) is 16.3 Å². The number of hydrogen-bond donors (Lipinski definition) is 1. The number of halogens is 1. The summed E-state index contributed by atoms with van der Waals surface area (Å²) in [5.41, 5.74) is 1.32. The zero-order chi connectivity index (χ0) is 9.26. The van der Waals surface area contributed by atoms with Crippen LogP contribution >= 0.6 is 23.1 Å². The van der Waals surface area contributed by atoms with Gasteiger partial charge in [0.05, 0.1) is 0 Å². The van der Waals surface area contributed by atoms with Gasteiger partial charge in [-0.2, -0.15) is 0 Å². The van der Waals surface area contributed by atoms with E-state index in [1.165, 1.54) is 17.6 Å². The van der Waals surface area contributed by atoms with Crippen molar-refractivity contribution in [2.24, 2.45) is 0 Å². The quantitative estimate of drug-likeness (QED) is 0.790. The maximum atomic E-state index is 9.52. The molecule has 0 bridgehead atoms. The minimum atomic E-state index is 0.125. The van der Waals surface area contributed by atoms with E-state index in [9.17, 15) is 5.11 Å². The largest absolute Gasteiger partial charge is 0.507 e. The van der Waals surface area contributed by atoms with Crippen molar-refractivity contribution in [3.63, 3.8) is 0 Å². The molecule has 0 fully saturated rings. The summed E-state index contributed by atoms with van der Waals surface area (Å²) in [5, 5.41) is 15.6. The molecule has 1 aromatic carbocycles. The number of aromatic nitrogens is 2. The lowest BCUT2D eigenvalue weighted by atomic mass is 10.1. The third-order valence-corrected chi connectivity index (χ3v) is 2.34. The minimum absolute atomic E-state index is 0.125. The van der Waals surface area contributed by atoms with E-state index in [1.54, 1.807) is 17.5 Å². The number of nitrogens with zero attached hydrogens (tertiary/aromatic N) is 2. The fourth-order valence-corrected chi connectivity index (χ4v) is 1.63. The van der Waals surface area contributed by atoms with Gasteiger partial charge in [0, 0.05) is 16.0 Å². The zero-order valence-corrected chi connectivity index (χ0v) is 8.01. The molecule has 1 aromatic heterocycles. The van der Waals surface area contributed by atoms with Crippen molar-refractivity contribution < 1.29 is 5.11 Å². The van der Waals surface area contributed by atoms with Gasteiger partial charge >= 0.3 is 0 Å². The van der Waals surface area contributed by atoms with Crippen molar-refractivity contribution >= 4 is 23.1 Å². The molecule has 0 spiro atoms. The first-order valence-electron chi connectivity index (χ1n) is 3.53. The van der Waals surface area contributed by atoms with Crippen LogP contribution in [0.1, 0.15) is 0 Å². The summed E-state index contributed by atoms with van der Waals surface area (Å²) in [6, 6.07) is 4.90. The number of aromatic hydroxyl groups is 1. The van der Waals surface area contributed by atoms with Gasteiger partial charge in [0.15, 0.2) is 0 Å². The highest BCUT2D eigenvalue weighted by atomic mass is 35.5. The lowest BCUT2D eigenvalue weighted by Crippen LogP contribution is -1.79. The van der Waals surface area contributed by atoms with Crippen LogP contribution in [0.5, 0.6) is 5.75 Å². The number of rotatable bonds is 1. The molecule has 2 aromatic rings. The Kier molecular flexibility index (Phi) is 2.16. The monoisotopic (exact) mass is 212 g/mol. The summed E-state index contributed by atoms with van der Waals surface area (Å²) in [6.07, 6.45) is 0. The fraction of sp³-hybridized carbons (Fsp3) is 0. The normalized spacial score (nSPS) is 10.2. The molecular formula is C8H5ClN2OS. The molecule has 0 aliphatic heterocycles. The second kappa shape index (κ2) is 3.32. The smallest absolute Gasteiger partial charge is 0.126 e. The summed E-state index contributed by atoms with van der Waals surface area (Å²) >= 11 is 6.93. The van der Waals surface area contributed by atoms with Crippen molar-refractivity contribution in [3.8, 4) is 17.0 Å². The first kappa shape index (κ1) is 8.47. The van der Waals surface area contributed by atoms with Gasteiger partial charge < -0.3 is 5.11 Å². The molecule has 0 unspecified atom stereocenters. The highest BCUT2D eigenvalue weighted by Gasteiger charge is 2.06. The number of phenols is 1. The average Bonchev–Trinajstić information content (AvgIpc) is 2.56. The van der Waals surface area contributed by atoms with Crippen molar-refractivity contribution in [1.29, 1.82) is 0 Å². The van der Waals surface area contributed by atoms with Crippen molar-refractivity contribution in [1.82, 2.24) is 9.59 Å². The molecule has 13 heavy (non-hydrogen) atoms. The van der Waals surface area contributed by atoms with Gasteiger partial charge in [-0.05, 0) is 29.7 Å². The molecule has 2 rings (SSSR count). The van der Waals surface area contributed by atoms with E-state index in [1.807, 2.05) is 0 Å². The van der Waals surface area contributed by atoms with E-state index in [2.05, 4.69) is 9.59 Å². The molecular weight excluding hydrogens is 208 g/mol. The highest BCUT2D eigenvalue weighted by molar-refractivity contribution is 7.03. The Labute approximate surface area is 83.8 Å². The van der Waals surface area contributed by atoms with Crippen molar-refractivity contribution in [3.05, 3.63) is 28.6 Å². The second-order valence-corrected chi connectivity index (χ2v) is 3.50. The Morgan fingerprint density at radius 1 is 1.38 bits per heavy atom. The summed E-state index contributed by atoms with van der Waals surface area (Å²) in [7, 11) is 0. The molecule has 5 heteroatoms. The van der Waals surface area contributed by atoms with Crippen molar-refractivity contribution in [2.75, 3.05) is 0 Å². The third kappa shape index (κ3) is 1.64. The first-order chi connectivity index (χ1) is 6.27. The minimum Gasteiger partial charge on any atom is -0.507 e. The van der Waals surface area contributed by atoms with Gasteiger partial charge in [0.1, 0.15) is 11.4 Å². The van der Waals surface area contributed by atoms with Crippen LogP contribution < -0.4 is 0 Å². The first-order valence-corrected chi connectivity index (χ1v) is 4.75. The maximum Gasteiger partial charge on any atom is 0.126 e. The molecule has 0 atom stereocenters. The van der Waals surface area contributed by atoms with E-state index in [4.69, 9.17) is 11.6 Å². The average molecular weight is 213 g/mol. The Hall–Kier alpha value is -1.13. The van der Waals surface area contributed by atoms with Crippen LogP contribution in [0.4, 0.5) is 0 Å². The van der Waals surface area contributed by atoms with E-state index in [0.717, 1.165) is 0 Å². The van der Waals surface area contributed by atoms with Crippen LogP contribution in [-0.2, 0) is 0 Å². The third-order valence-electron chi connectivity index (χ3n) is 1.60. The Morgan fingerprint density at radius 2 is 2.23 bits per heavy atom. The fourth-order valence-electron chi connectivity index (χ4n) is 1.00.